The highest BCUT2D eigenvalue weighted by atomic mass is 28.4. The van der Waals surface area contributed by atoms with Gasteiger partial charge in [-0.15, -0.1) is 0 Å². The molecular formula is C96H178O4Si4. The zero-order valence-corrected chi connectivity index (χ0v) is 76.2. The molecule has 0 spiro atoms. The van der Waals surface area contributed by atoms with Gasteiger partial charge in [0.1, 0.15) is 0 Å². The second kappa shape index (κ2) is 60.3. The fourth-order valence-corrected chi connectivity index (χ4v) is 26.1. The highest BCUT2D eigenvalue weighted by molar-refractivity contribution is 6.92. The Hall–Kier alpha value is -1.37. The zero-order valence-electron chi connectivity index (χ0n) is 72.2. The van der Waals surface area contributed by atoms with E-state index in [1.165, 1.54) is 438 Å². The molecule has 4 aromatic carbocycles. The van der Waals surface area contributed by atoms with Crippen LogP contribution in [0.5, 0.6) is 0 Å². The Labute approximate surface area is 653 Å². The van der Waals surface area contributed by atoms with E-state index in [4.69, 9.17) is 17.7 Å². The molecule has 0 radical (unpaired) electrons. The van der Waals surface area contributed by atoms with Crippen molar-refractivity contribution in [3.8, 4) is 0 Å². The number of hydrogen-bond acceptors (Lipinski definition) is 4. The lowest BCUT2D eigenvalue weighted by molar-refractivity contribution is 0.301. The molecule has 0 heterocycles. The Morgan fingerprint density at radius 1 is 0.173 bits per heavy atom. The number of benzene rings is 4. The van der Waals surface area contributed by atoms with Crippen LogP contribution in [-0.4, -0.2) is 59.7 Å². The summed E-state index contributed by atoms with van der Waals surface area (Å²) < 4.78 is 29.5. The quantitative estimate of drug-likeness (QED) is 0.0251. The summed E-state index contributed by atoms with van der Waals surface area (Å²) in [6.45, 7) is 32.8. The monoisotopic (exact) mass is 1510 g/mol. The lowest BCUT2D eigenvalue weighted by atomic mass is 9.94. The van der Waals surface area contributed by atoms with Crippen LogP contribution in [0.3, 0.4) is 0 Å². The van der Waals surface area contributed by atoms with E-state index in [1.54, 1.807) is 0 Å². The van der Waals surface area contributed by atoms with Crippen LogP contribution >= 0.6 is 0 Å². The van der Waals surface area contributed by atoms with Gasteiger partial charge in [0.2, 0.25) is 33.3 Å². The third-order valence-electron chi connectivity index (χ3n) is 24.3. The van der Waals surface area contributed by atoms with Crippen molar-refractivity contribution in [1.29, 1.82) is 0 Å². The van der Waals surface area contributed by atoms with E-state index in [0.717, 1.165) is 52.1 Å². The van der Waals surface area contributed by atoms with Gasteiger partial charge in [0, 0.05) is 26.4 Å². The largest absolute Gasteiger partial charge is 0.413 e. The molecule has 0 fully saturated rings. The molecule has 4 rings (SSSR count). The summed E-state index contributed by atoms with van der Waals surface area (Å²) in [7, 11) is -9.74. The Morgan fingerprint density at radius 3 is 0.413 bits per heavy atom. The average molecular weight is 1510 g/mol. The summed E-state index contributed by atoms with van der Waals surface area (Å²) in [5.41, 5.74) is 0. The van der Waals surface area contributed by atoms with Gasteiger partial charge in [-0.1, -0.05) is 449 Å². The Bertz CT molecular complexity index is 2280. The minimum atomic E-state index is -2.43. The van der Waals surface area contributed by atoms with E-state index < -0.39 is 33.3 Å². The minimum absolute atomic E-state index is 0.854. The average Bonchev–Trinajstić information content (AvgIpc) is 0.701. The molecule has 0 bridgehead atoms. The van der Waals surface area contributed by atoms with Crippen LogP contribution in [0.4, 0.5) is 0 Å². The third-order valence-corrected chi connectivity index (χ3v) is 34.9. The van der Waals surface area contributed by atoms with Crippen LogP contribution in [0.1, 0.15) is 439 Å². The van der Waals surface area contributed by atoms with Crippen LogP contribution in [0, 0.1) is 0 Å². The normalized spacial score (nSPS) is 12.7. The van der Waals surface area contributed by atoms with Gasteiger partial charge in [-0.25, -0.2) is 0 Å². The summed E-state index contributed by atoms with van der Waals surface area (Å²) >= 11 is 0. The summed E-state index contributed by atoms with van der Waals surface area (Å²) in [5, 5.41) is 14.5. The van der Waals surface area contributed by atoms with Gasteiger partial charge in [-0.2, -0.15) is 0 Å². The topological polar surface area (TPSA) is 36.9 Å². The first-order valence-corrected chi connectivity index (χ1v) is 58.7. The summed E-state index contributed by atoms with van der Waals surface area (Å²) in [4.78, 5) is 0. The molecule has 602 valence electrons. The van der Waals surface area contributed by atoms with E-state index >= 15 is 0 Å². The van der Waals surface area contributed by atoms with Gasteiger partial charge in [-0.05, 0) is 131 Å². The van der Waals surface area contributed by atoms with Crippen LogP contribution in [0.15, 0.2) is 36.4 Å². The van der Waals surface area contributed by atoms with Crippen molar-refractivity contribution in [2.24, 2.45) is 0 Å². The Morgan fingerprint density at radius 2 is 0.288 bits per heavy atom. The molecule has 0 aliphatic carbocycles. The van der Waals surface area contributed by atoms with Crippen LogP contribution in [0.2, 0.25) is 52.4 Å². The van der Waals surface area contributed by atoms with E-state index in [2.05, 4.69) is 116 Å². The molecule has 0 amide bonds. The molecule has 0 saturated carbocycles. The zero-order chi connectivity index (χ0) is 74.9. The highest BCUT2D eigenvalue weighted by Crippen LogP contribution is 2.37. The Balaban J connectivity index is 1.54. The third kappa shape index (κ3) is 40.7. The highest BCUT2D eigenvalue weighted by Gasteiger charge is 2.38. The van der Waals surface area contributed by atoms with Crippen molar-refractivity contribution in [3.05, 3.63) is 36.4 Å². The standard InChI is InChI=1S/C96H178O4Si4/c1-13-17-21-25-29-33-37-41-45-49-53-57-61-65-69-73-81-97-101(5,6)91-85-92(102(7,8)98-82-74-70-66-62-58-54-50-46-42-38-34-30-26-22-18-14-2)88-79-80-90-94(104(11,12)100-84-76-72-68-64-60-56-52-48-44-40-36-32-28-24-20-16-4)86-93(89-78-77-87(91)95(88)96(89)90)103(9,10)99-83-75-71-67-63-59-55-51-47-43-39-35-31-27-23-19-15-3/h77-80,85-86H,13-76,81-84H2,1-12H3. The second-order valence-corrected chi connectivity index (χ2v) is 51.1. The first-order valence-electron chi connectivity index (χ1n) is 47.0. The van der Waals surface area contributed by atoms with Crippen molar-refractivity contribution in [3.63, 3.8) is 0 Å². The lowest BCUT2D eigenvalue weighted by Gasteiger charge is -2.34. The van der Waals surface area contributed by atoms with Crippen molar-refractivity contribution in [2.75, 3.05) is 26.4 Å². The first-order chi connectivity index (χ1) is 50.7. The van der Waals surface area contributed by atoms with Crippen LogP contribution in [-0.2, 0) is 17.7 Å². The maximum Gasteiger partial charge on any atom is 0.218 e. The van der Waals surface area contributed by atoms with Gasteiger partial charge in [0.15, 0.2) is 0 Å². The molecule has 4 nitrogen and oxygen atoms in total. The van der Waals surface area contributed by atoms with Crippen LogP contribution < -0.4 is 20.7 Å². The number of hydrogen-bond donors (Lipinski definition) is 0. The maximum absolute atomic E-state index is 7.38. The second-order valence-electron chi connectivity index (χ2n) is 35.7. The lowest BCUT2D eigenvalue weighted by Crippen LogP contribution is -2.53. The molecule has 0 atom stereocenters. The fourth-order valence-electron chi connectivity index (χ4n) is 17.2. The predicted molar refractivity (Wildman–Crippen MR) is 481 cm³/mol. The van der Waals surface area contributed by atoms with Crippen molar-refractivity contribution >= 4 is 86.3 Å². The minimum Gasteiger partial charge on any atom is -0.413 e. The molecule has 4 aromatic rings. The van der Waals surface area contributed by atoms with Gasteiger partial charge < -0.3 is 17.7 Å². The van der Waals surface area contributed by atoms with Gasteiger partial charge >= 0.3 is 0 Å². The number of unbranched alkanes of at least 4 members (excludes halogenated alkanes) is 60. The van der Waals surface area contributed by atoms with E-state index in [-0.39, 0.29) is 0 Å². The molecule has 0 aliphatic rings. The summed E-state index contributed by atoms with van der Waals surface area (Å²) in [5.74, 6) is 0. The first kappa shape index (κ1) is 95.0. The smallest absolute Gasteiger partial charge is 0.218 e. The predicted octanol–water partition coefficient (Wildman–Crippen LogP) is 31.3. The molecule has 0 aromatic heterocycles. The van der Waals surface area contributed by atoms with Gasteiger partial charge in [0.05, 0.1) is 0 Å². The van der Waals surface area contributed by atoms with Crippen LogP contribution in [0.25, 0.3) is 32.3 Å². The fraction of sp³-hybridized carbons (Fsp3) is 0.833. The van der Waals surface area contributed by atoms with Gasteiger partial charge in [0.25, 0.3) is 0 Å². The summed E-state index contributed by atoms with van der Waals surface area (Å²) in [6.07, 6.45) is 88.9. The maximum atomic E-state index is 7.38. The van der Waals surface area contributed by atoms with Gasteiger partial charge in [-0.3, -0.25) is 0 Å². The number of rotatable bonds is 76. The van der Waals surface area contributed by atoms with E-state index in [9.17, 15) is 0 Å². The van der Waals surface area contributed by atoms with Crippen molar-refractivity contribution in [1.82, 2.24) is 0 Å². The molecule has 8 heteroatoms. The molecular weight excluding hydrogens is 1330 g/mol. The molecule has 0 unspecified atom stereocenters. The van der Waals surface area contributed by atoms with E-state index in [0.29, 0.717) is 0 Å². The molecule has 0 N–H and O–H groups in total. The Kier molecular flexibility index (Phi) is 55.1. The molecule has 0 saturated heterocycles. The van der Waals surface area contributed by atoms with Crippen molar-refractivity contribution < 1.29 is 17.7 Å². The summed E-state index contributed by atoms with van der Waals surface area (Å²) in [6, 6.07) is 15.5. The van der Waals surface area contributed by atoms with E-state index in [1.807, 2.05) is 0 Å². The van der Waals surface area contributed by atoms with Crippen molar-refractivity contribution in [2.45, 2.75) is 491 Å². The molecule has 0 aliphatic heterocycles. The molecule has 104 heavy (non-hydrogen) atoms. The SMILES string of the molecule is CCCCCCCCCCCCCCCCCCO[Si](C)(C)c1cc([Si](C)(C)OCCCCCCCCCCCCCCCCCC)c2ccc3c([Si](C)(C)OCCCCCCCCCCCCCCCCCC)cc([Si](C)(C)OCCCCCCCCCCCCCCCCCC)c4ccc1c2c43.